The van der Waals surface area contributed by atoms with Crippen LogP contribution in [0.1, 0.15) is 32.6 Å². The molecule has 114 valence electrons. The van der Waals surface area contributed by atoms with Gasteiger partial charge in [-0.15, -0.1) is 0 Å². The van der Waals surface area contributed by atoms with Crippen LogP contribution in [0.25, 0.3) is 0 Å². The number of ether oxygens (including phenoxy) is 2. The number of nitrogens with zero attached hydrogens (tertiary/aromatic N) is 1. The fraction of sp³-hybridized carbons (Fsp3) is 1.00. The summed E-state index contributed by atoms with van der Waals surface area (Å²) in [6.45, 7) is 7.97. The van der Waals surface area contributed by atoms with Crippen molar-refractivity contribution in [1.82, 2.24) is 10.2 Å². The predicted molar refractivity (Wildman–Crippen MR) is 79.6 cm³/mol. The molecule has 0 radical (unpaired) electrons. The van der Waals surface area contributed by atoms with Crippen LogP contribution in [-0.4, -0.2) is 64.6 Å². The smallest absolute Gasteiger partial charge is 0.0589 e. The Hall–Kier alpha value is -0.160. The van der Waals surface area contributed by atoms with E-state index in [0.29, 0.717) is 6.04 Å². The van der Waals surface area contributed by atoms with E-state index in [2.05, 4.69) is 17.1 Å². The molecule has 4 nitrogen and oxygen atoms in total. The molecule has 0 saturated heterocycles. The molecule has 1 atom stereocenters. The summed E-state index contributed by atoms with van der Waals surface area (Å²) in [5.74, 6) is 0.854. The van der Waals surface area contributed by atoms with E-state index < -0.39 is 0 Å². The summed E-state index contributed by atoms with van der Waals surface area (Å²) in [5.41, 5.74) is 0. The van der Waals surface area contributed by atoms with Crippen molar-refractivity contribution in [2.75, 3.05) is 53.6 Å². The highest BCUT2D eigenvalue weighted by Crippen LogP contribution is 2.28. The molecule has 4 heteroatoms. The lowest BCUT2D eigenvalue weighted by molar-refractivity contribution is 0.102. The lowest BCUT2D eigenvalue weighted by Crippen LogP contribution is -2.46. The van der Waals surface area contributed by atoms with Crippen molar-refractivity contribution < 1.29 is 9.47 Å². The van der Waals surface area contributed by atoms with Crippen LogP contribution in [0.4, 0.5) is 0 Å². The van der Waals surface area contributed by atoms with Crippen LogP contribution in [0, 0.1) is 5.92 Å². The average molecular weight is 272 g/mol. The standard InChI is InChI=1S/C15H32N2O2/c1-4-16-15(14-7-5-6-8-14)13-17(9-11-18-2)10-12-19-3/h14-16H,4-13H2,1-3H3. The van der Waals surface area contributed by atoms with Gasteiger partial charge in [-0.05, 0) is 25.3 Å². The van der Waals surface area contributed by atoms with Crippen LogP contribution in [0.3, 0.4) is 0 Å². The monoisotopic (exact) mass is 272 g/mol. The minimum absolute atomic E-state index is 0.626. The van der Waals surface area contributed by atoms with Crippen LogP contribution in [0.15, 0.2) is 0 Å². The maximum absolute atomic E-state index is 5.22. The van der Waals surface area contributed by atoms with E-state index in [0.717, 1.165) is 45.3 Å². The minimum atomic E-state index is 0.626. The Morgan fingerprint density at radius 1 is 1.11 bits per heavy atom. The molecular weight excluding hydrogens is 240 g/mol. The lowest BCUT2D eigenvalue weighted by Gasteiger charge is -2.31. The Morgan fingerprint density at radius 3 is 2.16 bits per heavy atom. The van der Waals surface area contributed by atoms with Gasteiger partial charge in [-0.25, -0.2) is 0 Å². The number of hydrogen-bond acceptors (Lipinski definition) is 4. The first-order chi connectivity index (χ1) is 9.31. The summed E-state index contributed by atoms with van der Waals surface area (Å²) in [7, 11) is 3.54. The van der Waals surface area contributed by atoms with E-state index >= 15 is 0 Å². The Labute approximate surface area is 118 Å². The molecule has 1 rings (SSSR count). The Balaban J connectivity index is 2.44. The molecule has 1 aliphatic rings. The van der Waals surface area contributed by atoms with Gasteiger partial charge in [-0.2, -0.15) is 0 Å². The first kappa shape index (κ1) is 16.9. The van der Waals surface area contributed by atoms with E-state index in [1.54, 1.807) is 14.2 Å². The molecular formula is C15H32N2O2. The number of methoxy groups -OCH3 is 2. The highest BCUT2D eigenvalue weighted by atomic mass is 16.5. The summed E-state index contributed by atoms with van der Waals surface area (Å²) < 4.78 is 10.4. The van der Waals surface area contributed by atoms with Gasteiger partial charge in [-0.3, -0.25) is 4.90 Å². The second kappa shape index (κ2) is 10.6. The summed E-state index contributed by atoms with van der Waals surface area (Å²) in [6.07, 6.45) is 5.59. The molecule has 19 heavy (non-hydrogen) atoms. The molecule has 1 unspecified atom stereocenters. The summed E-state index contributed by atoms with van der Waals surface area (Å²) in [6, 6.07) is 0.626. The zero-order valence-electron chi connectivity index (χ0n) is 13.0. The number of rotatable bonds is 11. The molecule has 1 fully saturated rings. The van der Waals surface area contributed by atoms with Crippen molar-refractivity contribution in [2.45, 2.75) is 38.6 Å². The average Bonchev–Trinajstić information content (AvgIpc) is 2.95. The van der Waals surface area contributed by atoms with Crippen molar-refractivity contribution in [1.29, 1.82) is 0 Å². The summed E-state index contributed by atoms with van der Waals surface area (Å²) in [4.78, 5) is 2.47. The zero-order chi connectivity index (χ0) is 13.9. The van der Waals surface area contributed by atoms with E-state index in [-0.39, 0.29) is 0 Å². The third kappa shape index (κ3) is 6.70. The predicted octanol–water partition coefficient (Wildman–Crippen LogP) is 1.75. The third-order valence-electron chi connectivity index (χ3n) is 4.11. The molecule has 0 amide bonds. The number of nitrogens with one attached hydrogen (secondary N) is 1. The van der Waals surface area contributed by atoms with Gasteiger partial charge in [0.1, 0.15) is 0 Å². The van der Waals surface area contributed by atoms with Crippen molar-refractivity contribution in [3.8, 4) is 0 Å². The van der Waals surface area contributed by atoms with Crippen LogP contribution in [0.5, 0.6) is 0 Å². The molecule has 1 aliphatic carbocycles. The lowest BCUT2D eigenvalue weighted by atomic mass is 9.97. The number of hydrogen-bond donors (Lipinski definition) is 1. The van der Waals surface area contributed by atoms with Crippen LogP contribution < -0.4 is 5.32 Å². The molecule has 0 aromatic rings. The topological polar surface area (TPSA) is 33.7 Å². The van der Waals surface area contributed by atoms with Crippen molar-refractivity contribution in [2.24, 2.45) is 5.92 Å². The fourth-order valence-corrected chi connectivity index (χ4v) is 3.02. The maximum Gasteiger partial charge on any atom is 0.0589 e. The molecule has 1 saturated carbocycles. The highest BCUT2D eigenvalue weighted by Gasteiger charge is 2.25. The SMILES string of the molecule is CCNC(CN(CCOC)CCOC)C1CCCC1. The van der Waals surface area contributed by atoms with Gasteiger partial charge < -0.3 is 14.8 Å². The summed E-state index contributed by atoms with van der Waals surface area (Å²) in [5, 5.41) is 3.68. The molecule has 0 spiro atoms. The van der Waals surface area contributed by atoms with Crippen LogP contribution in [0.2, 0.25) is 0 Å². The first-order valence-electron chi connectivity index (χ1n) is 7.75. The minimum Gasteiger partial charge on any atom is -0.383 e. The molecule has 0 aromatic heterocycles. The Bertz CT molecular complexity index is 200. The Kier molecular flexibility index (Phi) is 9.43. The highest BCUT2D eigenvalue weighted by molar-refractivity contribution is 4.83. The van der Waals surface area contributed by atoms with Crippen molar-refractivity contribution >= 4 is 0 Å². The molecule has 0 aliphatic heterocycles. The quantitative estimate of drug-likeness (QED) is 0.621. The Morgan fingerprint density at radius 2 is 1.68 bits per heavy atom. The molecule has 0 heterocycles. The van der Waals surface area contributed by atoms with Gasteiger partial charge >= 0.3 is 0 Å². The van der Waals surface area contributed by atoms with Gasteiger partial charge in [0.05, 0.1) is 13.2 Å². The van der Waals surface area contributed by atoms with Gasteiger partial charge in [0.2, 0.25) is 0 Å². The van der Waals surface area contributed by atoms with Gasteiger partial charge in [-0.1, -0.05) is 19.8 Å². The maximum atomic E-state index is 5.22. The fourth-order valence-electron chi connectivity index (χ4n) is 3.02. The normalized spacial score (nSPS) is 18.3. The van der Waals surface area contributed by atoms with Gasteiger partial charge in [0.15, 0.2) is 0 Å². The molecule has 0 aromatic carbocycles. The van der Waals surface area contributed by atoms with E-state index in [9.17, 15) is 0 Å². The third-order valence-corrected chi connectivity index (χ3v) is 4.11. The van der Waals surface area contributed by atoms with E-state index in [4.69, 9.17) is 9.47 Å². The second-order valence-electron chi connectivity index (χ2n) is 5.49. The van der Waals surface area contributed by atoms with Crippen molar-refractivity contribution in [3.63, 3.8) is 0 Å². The first-order valence-corrected chi connectivity index (χ1v) is 7.75. The second-order valence-corrected chi connectivity index (χ2v) is 5.49. The molecule has 1 N–H and O–H groups in total. The zero-order valence-corrected chi connectivity index (χ0v) is 13.0. The van der Waals surface area contributed by atoms with Crippen LogP contribution >= 0.6 is 0 Å². The van der Waals surface area contributed by atoms with E-state index in [1.807, 2.05) is 0 Å². The van der Waals surface area contributed by atoms with Crippen LogP contribution in [-0.2, 0) is 9.47 Å². The van der Waals surface area contributed by atoms with Gasteiger partial charge in [0, 0.05) is 39.9 Å². The van der Waals surface area contributed by atoms with Gasteiger partial charge in [0.25, 0.3) is 0 Å². The van der Waals surface area contributed by atoms with E-state index in [1.165, 1.54) is 25.7 Å². The van der Waals surface area contributed by atoms with Crippen molar-refractivity contribution in [3.05, 3.63) is 0 Å². The summed E-state index contributed by atoms with van der Waals surface area (Å²) >= 11 is 0. The largest absolute Gasteiger partial charge is 0.383 e. The number of likely N-dealkylation sites (N-methyl/N-ethyl adjacent to an activating group) is 1. The molecule has 0 bridgehead atoms.